The average Bonchev–Trinajstić information content (AvgIpc) is 2.50. The predicted octanol–water partition coefficient (Wildman–Crippen LogP) is 4.11. The quantitative estimate of drug-likeness (QED) is 0.813. The monoisotopic (exact) mass is 385 g/mol. The van der Waals surface area contributed by atoms with Crippen molar-refractivity contribution in [3.05, 3.63) is 63.6 Å². The first-order valence-corrected chi connectivity index (χ1v) is 9.90. The summed E-state index contributed by atoms with van der Waals surface area (Å²) in [5.41, 5.74) is 2.20. The third-order valence-corrected chi connectivity index (χ3v) is 5.58. The number of carbonyl (C=O) groups is 1. The first kappa shape index (κ1) is 18.8. The zero-order valence-corrected chi connectivity index (χ0v) is 15.4. The summed E-state index contributed by atoms with van der Waals surface area (Å²) in [5.74, 6) is -1.44. The first-order chi connectivity index (χ1) is 11.3. The minimum Gasteiger partial charge on any atom is -0.325 e. The van der Waals surface area contributed by atoms with Gasteiger partial charge in [-0.3, -0.25) is 4.79 Å². The highest BCUT2D eigenvalue weighted by molar-refractivity contribution is 7.91. The van der Waals surface area contributed by atoms with Crippen LogP contribution in [0.2, 0.25) is 10.0 Å². The van der Waals surface area contributed by atoms with Gasteiger partial charge >= 0.3 is 0 Å². The molecule has 0 heterocycles. The summed E-state index contributed by atoms with van der Waals surface area (Å²) >= 11 is 11.7. The van der Waals surface area contributed by atoms with Crippen LogP contribution in [0.15, 0.2) is 42.5 Å². The standard InChI is InChI=1S/C17H17Cl2NO3S/c1-2-12-3-6-14(7-4-12)20-17(21)11-24(22,23)10-13-5-8-15(18)16(19)9-13/h3-9H,2,10-11H2,1H3,(H,20,21). The van der Waals surface area contributed by atoms with Crippen LogP contribution in [0.5, 0.6) is 0 Å². The molecule has 2 aromatic rings. The molecule has 0 bridgehead atoms. The number of nitrogens with one attached hydrogen (secondary N) is 1. The van der Waals surface area contributed by atoms with Crippen molar-refractivity contribution in [1.29, 1.82) is 0 Å². The summed E-state index contributed by atoms with van der Waals surface area (Å²) in [4.78, 5) is 12.0. The number of anilines is 1. The average molecular weight is 386 g/mol. The van der Waals surface area contributed by atoms with Crippen molar-refractivity contribution < 1.29 is 13.2 Å². The van der Waals surface area contributed by atoms with E-state index < -0.39 is 21.5 Å². The molecule has 0 atom stereocenters. The number of hydrogen-bond donors (Lipinski definition) is 1. The smallest absolute Gasteiger partial charge is 0.239 e. The molecule has 128 valence electrons. The molecule has 1 amide bonds. The lowest BCUT2D eigenvalue weighted by atomic mass is 10.1. The Morgan fingerprint density at radius 3 is 2.21 bits per heavy atom. The minimum atomic E-state index is -3.61. The first-order valence-electron chi connectivity index (χ1n) is 7.32. The maximum Gasteiger partial charge on any atom is 0.239 e. The molecule has 7 heteroatoms. The van der Waals surface area contributed by atoms with Gasteiger partial charge in [0.15, 0.2) is 9.84 Å². The van der Waals surface area contributed by atoms with Crippen LogP contribution in [0.4, 0.5) is 5.69 Å². The van der Waals surface area contributed by atoms with Crippen LogP contribution in [0.1, 0.15) is 18.1 Å². The summed E-state index contributed by atoms with van der Waals surface area (Å²) in [5, 5.41) is 3.23. The van der Waals surface area contributed by atoms with E-state index in [0.29, 0.717) is 16.3 Å². The third kappa shape index (κ3) is 5.51. The molecule has 0 aromatic heterocycles. The minimum absolute atomic E-state index is 0.272. The van der Waals surface area contributed by atoms with Gasteiger partial charge in [-0.05, 0) is 41.8 Å². The molecule has 0 unspecified atom stereocenters. The van der Waals surface area contributed by atoms with Crippen molar-refractivity contribution in [3.8, 4) is 0 Å². The lowest BCUT2D eigenvalue weighted by molar-refractivity contribution is -0.113. The molecule has 0 spiro atoms. The second-order valence-corrected chi connectivity index (χ2v) is 8.26. The summed E-state index contributed by atoms with van der Waals surface area (Å²) < 4.78 is 24.3. The van der Waals surface area contributed by atoms with Crippen molar-refractivity contribution in [2.75, 3.05) is 11.1 Å². The number of amides is 1. The Morgan fingerprint density at radius 2 is 1.62 bits per heavy atom. The van der Waals surface area contributed by atoms with E-state index in [9.17, 15) is 13.2 Å². The molecule has 24 heavy (non-hydrogen) atoms. The van der Waals surface area contributed by atoms with Gasteiger partial charge in [0.2, 0.25) is 5.91 Å². The Labute approximate surface area is 151 Å². The van der Waals surface area contributed by atoms with E-state index >= 15 is 0 Å². The number of hydrogen-bond acceptors (Lipinski definition) is 3. The van der Waals surface area contributed by atoms with E-state index in [1.54, 1.807) is 18.2 Å². The largest absolute Gasteiger partial charge is 0.325 e. The molecule has 1 N–H and O–H groups in total. The molecule has 2 rings (SSSR count). The molecule has 0 saturated carbocycles. The van der Waals surface area contributed by atoms with E-state index in [2.05, 4.69) is 5.32 Å². The van der Waals surface area contributed by atoms with Crippen LogP contribution in [0, 0.1) is 0 Å². The van der Waals surface area contributed by atoms with Gasteiger partial charge in [-0.15, -0.1) is 0 Å². The van der Waals surface area contributed by atoms with E-state index in [-0.39, 0.29) is 10.8 Å². The van der Waals surface area contributed by atoms with Gasteiger partial charge in [0.1, 0.15) is 5.75 Å². The molecule has 0 fully saturated rings. The van der Waals surface area contributed by atoms with Gasteiger partial charge in [0.05, 0.1) is 15.8 Å². The summed E-state index contributed by atoms with van der Waals surface area (Å²) in [7, 11) is -3.61. The number of carbonyl (C=O) groups excluding carboxylic acids is 1. The molecule has 2 aromatic carbocycles. The fourth-order valence-corrected chi connectivity index (χ4v) is 3.74. The highest BCUT2D eigenvalue weighted by Crippen LogP contribution is 2.23. The normalized spacial score (nSPS) is 11.3. The summed E-state index contributed by atoms with van der Waals surface area (Å²) in [6, 6.07) is 11.9. The van der Waals surface area contributed by atoms with E-state index in [1.165, 1.54) is 12.1 Å². The summed E-state index contributed by atoms with van der Waals surface area (Å²) in [6.07, 6.45) is 0.895. The zero-order valence-electron chi connectivity index (χ0n) is 13.1. The Morgan fingerprint density at radius 1 is 1.00 bits per heavy atom. The third-order valence-electron chi connectivity index (χ3n) is 3.37. The van der Waals surface area contributed by atoms with Crippen LogP contribution in [0.3, 0.4) is 0 Å². The fraction of sp³-hybridized carbons (Fsp3) is 0.235. The number of aryl methyl sites for hydroxylation is 1. The van der Waals surface area contributed by atoms with Crippen LogP contribution in [0.25, 0.3) is 0 Å². The maximum absolute atomic E-state index is 12.2. The molecule has 0 aliphatic heterocycles. The molecule has 0 radical (unpaired) electrons. The second-order valence-electron chi connectivity index (χ2n) is 5.38. The lowest BCUT2D eigenvalue weighted by Crippen LogP contribution is -2.23. The number of benzene rings is 2. The Bertz CT molecular complexity index is 833. The Kier molecular flexibility index (Phi) is 6.27. The highest BCUT2D eigenvalue weighted by Gasteiger charge is 2.18. The molecule has 0 saturated heterocycles. The van der Waals surface area contributed by atoms with Gasteiger partial charge < -0.3 is 5.32 Å². The SMILES string of the molecule is CCc1ccc(NC(=O)CS(=O)(=O)Cc2ccc(Cl)c(Cl)c2)cc1. The van der Waals surface area contributed by atoms with Crippen molar-refractivity contribution in [1.82, 2.24) is 0 Å². The molecular weight excluding hydrogens is 369 g/mol. The zero-order chi connectivity index (χ0) is 17.7. The summed E-state index contributed by atoms with van der Waals surface area (Å²) in [6.45, 7) is 2.03. The van der Waals surface area contributed by atoms with E-state index in [1.807, 2.05) is 19.1 Å². The number of rotatable bonds is 6. The molecule has 4 nitrogen and oxygen atoms in total. The number of sulfone groups is 1. The number of halogens is 2. The van der Waals surface area contributed by atoms with Crippen molar-refractivity contribution in [2.45, 2.75) is 19.1 Å². The Hall–Kier alpha value is -1.56. The molecule has 0 aliphatic rings. The van der Waals surface area contributed by atoms with Crippen LogP contribution >= 0.6 is 23.2 Å². The highest BCUT2D eigenvalue weighted by atomic mass is 35.5. The van der Waals surface area contributed by atoms with Gasteiger partial charge in [0.25, 0.3) is 0 Å². The van der Waals surface area contributed by atoms with Gasteiger partial charge in [-0.2, -0.15) is 0 Å². The topological polar surface area (TPSA) is 63.2 Å². The van der Waals surface area contributed by atoms with Crippen molar-refractivity contribution in [2.24, 2.45) is 0 Å². The fourth-order valence-electron chi connectivity index (χ4n) is 2.15. The molecule has 0 aliphatic carbocycles. The lowest BCUT2D eigenvalue weighted by Gasteiger charge is -2.08. The Balaban J connectivity index is 1.99. The van der Waals surface area contributed by atoms with Crippen LogP contribution in [-0.4, -0.2) is 20.1 Å². The van der Waals surface area contributed by atoms with Gasteiger partial charge in [0, 0.05) is 5.69 Å². The second kappa shape index (κ2) is 8.01. The van der Waals surface area contributed by atoms with Crippen molar-refractivity contribution >= 4 is 44.6 Å². The van der Waals surface area contributed by atoms with Crippen LogP contribution < -0.4 is 5.32 Å². The predicted molar refractivity (Wildman–Crippen MR) is 98.4 cm³/mol. The van der Waals surface area contributed by atoms with Crippen molar-refractivity contribution in [3.63, 3.8) is 0 Å². The van der Waals surface area contributed by atoms with E-state index in [4.69, 9.17) is 23.2 Å². The van der Waals surface area contributed by atoms with Crippen LogP contribution in [-0.2, 0) is 26.8 Å². The van der Waals surface area contributed by atoms with Gasteiger partial charge in [-0.1, -0.05) is 48.3 Å². The van der Waals surface area contributed by atoms with Gasteiger partial charge in [-0.25, -0.2) is 8.42 Å². The maximum atomic E-state index is 12.2. The van der Waals surface area contributed by atoms with E-state index in [0.717, 1.165) is 12.0 Å². The molecular formula is C17H17Cl2NO3S.